The highest BCUT2D eigenvalue weighted by atomic mass is 28.3. The van der Waals surface area contributed by atoms with Gasteiger partial charge in [0.25, 0.3) is 0 Å². The lowest BCUT2D eigenvalue weighted by molar-refractivity contribution is 0.515. The van der Waals surface area contributed by atoms with Gasteiger partial charge in [-0.15, -0.1) is 0 Å². The topological polar surface area (TPSA) is 12.0 Å². The van der Waals surface area contributed by atoms with Gasteiger partial charge in [-0.05, 0) is 23.6 Å². The first-order valence-corrected chi connectivity index (χ1v) is 18.1. The summed E-state index contributed by atoms with van der Waals surface area (Å²) in [5.74, 6) is 0. The second-order valence-corrected chi connectivity index (χ2v) is 20.4. The summed E-state index contributed by atoms with van der Waals surface area (Å²) in [4.78, 5) is 3.97. The molecule has 0 aliphatic heterocycles. The van der Waals surface area contributed by atoms with Crippen molar-refractivity contribution in [2.75, 3.05) is 6.17 Å². The van der Waals surface area contributed by atoms with E-state index in [2.05, 4.69) is 94.9 Å². The van der Waals surface area contributed by atoms with Crippen molar-refractivity contribution in [3.8, 4) is 0 Å². The molecule has 0 radical (unpaired) electrons. The lowest BCUT2D eigenvalue weighted by atomic mass is 9.87. The largest absolute Gasteiger partial charge is 0.339 e. The first-order chi connectivity index (χ1) is 11.5. The van der Waals surface area contributed by atoms with E-state index < -0.39 is 25.8 Å². The zero-order valence-electron chi connectivity index (χ0n) is 17.5. The summed E-state index contributed by atoms with van der Waals surface area (Å²) in [6.45, 7) is 19.5. The Morgan fingerprint density at radius 3 is 2.12 bits per heavy atom. The molecule has 1 aliphatic rings. The second-order valence-electron chi connectivity index (χ2n) is 9.76. The van der Waals surface area contributed by atoms with Crippen LogP contribution in [0.1, 0.15) is 27.2 Å². The number of benzene rings is 1. The van der Waals surface area contributed by atoms with Crippen LogP contribution in [0.4, 0.5) is 0 Å². The molecule has 4 heteroatoms. The molecule has 0 heterocycles. The summed E-state index contributed by atoms with van der Waals surface area (Å²) in [6, 6.07) is 11.4. The fraction of sp³-hybridized carbons (Fsp3) is 0.524. The number of hydrogen-bond donors (Lipinski definition) is 1. The van der Waals surface area contributed by atoms with Gasteiger partial charge in [-0.25, -0.2) is 0 Å². The van der Waals surface area contributed by atoms with Crippen LogP contribution in [0.3, 0.4) is 0 Å². The summed E-state index contributed by atoms with van der Waals surface area (Å²) in [6.07, 6.45) is 4.98. The normalized spacial score (nSPS) is 17.2. The van der Waals surface area contributed by atoms with Crippen molar-refractivity contribution < 1.29 is 0 Å². The Bertz CT molecular complexity index is 646. The van der Waals surface area contributed by atoms with Crippen molar-refractivity contribution in [3.63, 3.8) is 0 Å². The number of rotatable bonds is 6. The molecule has 1 unspecified atom stereocenters. The fourth-order valence-electron chi connectivity index (χ4n) is 3.86. The SMILES string of the molecule is C[SiH](C)C1=C([SiH](CN[Si](C)(C)C)c2ccccc2)CC=C1C(C)(C)C. The summed E-state index contributed by atoms with van der Waals surface area (Å²) in [5, 5.41) is 5.26. The van der Waals surface area contributed by atoms with Gasteiger partial charge < -0.3 is 4.98 Å². The minimum atomic E-state index is -1.25. The Morgan fingerprint density at radius 1 is 1.04 bits per heavy atom. The summed E-state index contributed by atoms with van der Waals surface area (Å²) < 4.78 is 0. The third-order valence-corrected chi connectivity index (χ3v) is 12.0. The van der Waals surface area contributed by atoms with E-state index in [0.717, 1.165) is 0 Å². The summed E-state index contributed by atoms with van der Waals surface area (Å²) in [7, 11) is -3.29. The van der Waals surface area contributed by atoms with E-state index >= 15 is 0 Å². The van der Waals surface area contributed by atoms with Crippen molar-refractivity contribution in [3.05, 3.63) is 52.4 Å². The lowest BCUT2D eigenvalue weighted by Crippen LogP contribution is -2.51. The third-order valence-electron chi connectivity index (χ3n) is 5.01. The molecule has 0 saturated heterocycles. The van der Waals surface area contributed by atoms with Crippen molar-refractivity contribution in [1.82, 2.24) is 4.98 Å². The third kappa shape index (κ3) is 5.39. The van der Waals surface area contributed by atoms with Crippen LogP contribution < -0.4 is 10.2 Å². The van der Waals surface area contributed by atoms with E-state index in [1.807, 2.05) is 10.4 Å². The molecule has 0 amide bonds. The summed E-state index contributed by atoms with van der Waals surface area (Å²) in [5.41, 5.74) is 1.93. The molecular formula is C21H37NSi3. The molecule has 0 aromatic heterocycles. The number of nitrogens with one attached hydrogen (secondary N) is 1. The Hall–Kier alpha value is -0.689. The van der Waals surface area contributed by atoms with Crippen LogP contribution in [0.15, 0.2) is 52.4 Å². The van der Waals surface area contributed by atoms with Gasteiger partial charge in [0.05, 0.1) is 8.80 Å². The van der Waals surface area contributed by atoms with Crippen LogP contribution in [-0.4, -0.2) is 32.0 Å². The molecule has 1 atom stereocenters. The van der Waals surface area contributed by atoms with Crippen molar-refractivity contribution in [2.24, 2.45) is 5.41 Å². The van der Waals surface area contributed by atoms with Crippen molar-refractivity contribution >= 4 is 31.0 Å². The second kappa shape index (κ2) is 7.91. The smallest absolute Gasteiger partial charge is 0.116 e. The molecule has 0 fully saturated rings. The quantitative estimate of drug-likeness (QED) is 0.717. The van der Waals surface area contributed by atoms with E-state index in [9.17, 15) is 0 Å². The Labute approximate surface area is 159 Å². The Morgan fingerprint density at radius 2 is 1.64 bits per heavy atom. The maximum absolute atomic E-state index is 3.97. The van der Waals surface area contributed by atoms with Gasteiger partial charge in [0.2, 0.25) is 0 Å². The average Bonchev–Trinajstić information content (AvgIpc) is 2.92. The standard InChI is InChI=1S/C21H37NSi3/c1-21(2,3)18-14-15-19(20(18)23(4)5)24(16-22-25(6,7)8)17-12-10-9-11-13-17/h9-14,22-24H,15-16H2,1-8H3. The first kappa shape index (κ1) is 20.6. The fourth-order valence-corrected chi connectivity index (χ4v) is 13.3. The van der Waals surface area contributed by atoms with Crippen LogP contribution in [0.5, 0.6) is 0 Å². The molecule has 1 aromatic carbocycles. The van der Waals surface area contributed by atoms with Gasteiger partial charge >= 0.3 is 0 Å². The highest BCUT2D eigenvalue weighted by Crippen LogP contribution is 2.40. The van der Waals surface area contributed by atoms with Gasteiger partial charge in [-0.3, -0.25) is 0 Å². The molecule has 0 bridgehead atoms. The van der Waals surface area contributed by atoms with Gasteiger partial charge in [0.15, 0.2) is 0 Å². The average molecular weight is 388 g/mol. The molecule has 25 heavy (non-hydrogen) atoms. The Balaban J connectivity index is 2.47. The van der Waals surface area contributed by atoms with Gasteiger partial charge in [0, 0.05) is 0 Å². The molecule has 1 N–H and O–H groups in total. The monoisotopic (exact) mass is 387 g/mol. The molecular weight excluding hydrogens is 350 g/mol. The van der Waals surface area contributed by atoms with Gasteiger partial charge in [-0.2, -0.15) is 0 Å². The molecule has 2 rings (SSSR count). The Kier molecular flexibility index (Phi) is 6.52. The highest BCUT2D eigenvalue weighted by Gasteiger charge is 2.33. The maximum Gasteiger partial charge on any atom is 0.116 e. The lowest BCUT2D eigenvalue weighted by Gasteiger charge is -2.29. The maximum atomic E-state index is 3.97. The van der Waals surface area contributed by atoms with E-state index in [1.165, 1.54) is 12.6 Å². The van der Waals surface area contributed by atoms with Crippen LogP contribution >= 0.6 is 0 Å². The van der Waals surface area contributed by atoms with Crippen molar-refractivity contribution in [2.45, 2.75) is 59.9 Å². The van der Waals surface area contributed by atoms with Crippen LogP contribution in [0.25, 0.3) is 0 Å². The highest BCUT2D eigenvalue weighted by molar-refractivity contribution is 6.84. The zero-order chi connectivity index (χ0) is 18.8. The number of hydrogen-bond acceptors (Lipinski definition) is 1. The predicted octanol–water partition coefficient (Wildman–Crippen LogP) is 4.32. The minimum absolute atomic E-state index is 0.274. The zero-order valence-corrected chi connectivity index (χ0v) is 20.8. The molecule has 0 spiro atoms. The van der Waals surface area contributed by atoms with E-state index in [-0.39, 0.29) is 5.41 Å². The van der Waals surface area contributed by atoms with E-state index in [0.29, 0.717) is 0 Å². The molecule has 1 aromatic rings. The molecule has 1 nitrogen and oxygen atoms in total. The minimum Gasteiger partial charge on any atom is -0.339 e. The van der Waals surface area contributed by atoms with E-state index in [4.69, 9.17) is 0 Å². The van der Waals surface area contributed by atoms with Crippen molar-refractivity contribution in [1.29, 1.82) is 0 Å². The van der Waals surface area contributed by atoms with E-state index in [1.54, 1.807) is 10.8 Å². The molecule has 138 valence electrons. The van der Waals surface area contributed by atoms with Gasteiger partial charge in [-0.1, -0.05) is 105 Å². The van der Waals surface area contributed by atoms with Gasteiger partial charge in [0.1, 0.15) is 17.0 Å². The molecule has 0 saturated carbocycles. The summed E-state index contributed by atoms with van der Waals surface area (Å²) >= 11 is 0. The molecule has 1 aliphatic carbocycles. The van der Waals surface area contributed by atoms with Crippen LogP contribution in [-0.2, 0) is 0 Å². The number of allylic oxidation sites excluding steroid dienone is 4. The predicted molar refractivity (Wildman–Crippen MR) is 123 cm³/mol. The first-order valence-electron chi connectivity index (χ1n) is 9.74. The van der Waals surface area contributed by atoms with Crippen LogP contribution in [0.2, 0.25) is 32.7 Å². The van der Waals surface area contributed by atoms with Crippen LogP contribution in [0, 0.1) is 5.41 Å².